The number of aromatic nitrogens is 2. The van der Waals surface area contributed by atoms with Gasteiger partial charge in [0.05, 0.1) is 32.0 Å². The Hall–Kier alpha value is -2.91. The van der Waals surface area contributed by atoms with Crippen molar-refractivity contribution in [1.82, 2.24) is 19.9 Å². The van der Waals surface area contributed by atoms with E-state index in [4.69, 9.17) is 14.0 Å². The van der Waals surface area contributed by atoms with Gasteiger partial charge in [-0.25, -0.2) is 4.98 Å². The van der Waals surface area contributed by atoms with E-state index in [9.17, 15) is 4.79 Å². The van der Waals surface area contributed by atoms with Crippen molar-refractivity contribution in [3.05, 3.63) is 46.3 Å². The van der Waals surface area contributed by atoms with E-state index < -0.39 is 0 Å². The molecule has 1 saturated heterocycles. The number of ether oxygens (including phenoxy) is 2. The van der Waals surface area contributed by atoms with Crippen molar-refractivity contribution >= 4 is 17.2 Å². The standard InChI is InChI=1S/C23H28N4O4S/c1-15-19(16(2)31-25-15)13-26-7-9-27(10-8-26)22(28)12-18-14-32-23(24-18)17-5-6-20(29-3)21(11-17)30-4/h5-6,11,14H,7-10,12-13H2,1-4H3. The van der Waals surface area contributed by atoms with E-state index >= 15 is 0 Å². The van der Waals surface area contributed by atoms with Crippen LogP contribution in [0, 0.1) is 13.8 Å². The molecular weight excluding hydrogens is 428 g/mol. The number of piperazine rings is 1. The van der Waals surface area contributed by atoms with Gasteiger partial charge in [-0.1, -0.05) is 5.16 Å². The van der Waals surface area contributed by atoms with E-state index in [1.54, 1.807) is 14.2 Å². The third kappa shape index (κ3) is 4.78. The highest BCUT2D eigenvalue weighted by Gasteiger charge is 2.23. The highest BCUT2D eigenvalue weighted by molar-refractivity contribution is 7.13. The van der Waals surface area contributed by atoms with Gasteiger partial charge in [-0.2, -0.15) is 0 Å². The first-order chi connectivity index (χ1) is 15.5. The number of nitrogens with zero attached hydrogens (tertiary/aromatic N) is 4. The number of amides is 1. The highest BCUT2D eigenvalue weighted by atomic mass is 32.1. The maximum atomic E-state index is 12.8. The van der Waals surface area contributed by atoms with Gasteiger partial charge in [-0.05, 0) is 32.0 Å². The topological polar surface area (TPSA) is 80.9 Å². The van der Waals surface area contributed by atoms with Crippen LogP contribution < -0.4 is 9.47 Å². The molecule has 4 rings (SSSR count). The Morgan fingerprint density at radius 2 is 1.88 bits per heavy atom. The number of carbonyl (C=O) groups excluding carboxylic acids is 1. The fourth-order valence-corrected chi connectivity index (χ4v) is 4.68. The molecule has 0 aliphatic carbocycles. The Morgan fingerprint density at radius 3 is 2.53 bits per heavy atom. The van der Waals surface area contributed by atoms with Gasteiger partial charge < -0.3 is 18.9 Å². The van der Waals surface area contributed by atoms with Crippen LogP contribution in [0.5, 0.6) is 11.5 Å². The van der Waals surface area contributed by atoms with E-state index in [-0.39, 0.29) is 5.91 Å². The summed E-state index contributed by atoms with van der Waals surface area (Å²) in [5.41, 5.74) is 3.83. The molecule has 0 saturated carbocycles. The van der Waals surface area contributed by atoms with Crippen LogP contribution in [0.2, 0.25) is 0 Å². The van der Waals surface area contributed by atoms with Gasteiger partial charge in [0.2, 0.25) is 5.91 Å². The third-order valence-corrected chi connectivity index (χ3v) is 6.74. The number of methoxy groups -OCH3 is 2. The minimum atomic E-state index is 0.117. The van der Waals surface area contributed by atoms with Gasteiger partial charge in [0.1, 0.15) is 10.8 Å². The molecule has 1 aliphatic rings. The molecule has 0 unspecified atom stereocenters. The lowest BCUT2D eigenvalue weighted by Crippen LogP contribution is -2.48. The first-order valence-corrected chi connectivity index (χ1v) is 11.4. The summed E-state index contributed by atoms with van der Waals surface area (Å²) in [6, 6.07) is 5.72. The highest BCUT2D eigenvalue weighted by Crippen LogP contribution is 2.33. The lowest BCUT2D eigenvalue weighted by atomic mass is 10.1. The Kier molecular flexibility index (Phi) is 6.76. The minimum absolute atomic E-state index is 0.117. The molecule has 170 valence electrons. The predicted molar refractivity (Wildman–Crippen MR) is 122 cm³/mol. The second kappa shape index (κ2) is 9.70. The van der Waals surface area contributed by atoms with E-state index in [0.29, 0.717) is 17.9 Å². The molecule has 1 aromatic carbocycles. The van der Waals surface area contributed by atoms with Crippen LogP contribution in [0.1, 0.15) is 22.7 Å². The van der Waals surface area contributed by atoms with Gasteiger partial charge in [0, 0.05) is 49.2 Å². The SMILES string of the molecule is COc1ccc(-c2nc(CC(=O)N3CCN(Cc4c(C)noc4C)CC3)cs2)cc1OC. The summed E-state index contributed by atoms with van der Waals surface area (Å²) < 4.78 is 15.9. The first-order valence-electron chi connectivity index (χ1n) is 10.6. The zero-order valence-corrected chi connectivity index (χ0v) is 19.7. The zero-order valence-electron chi connectivity index (χ0n) is 18.9. The molecular formula is C23H28N4O4S. The van der Waals surface area contributed by atoms with Crippen molar-refractivity contribution in [2.45, 2.75) is 26.8 Å². The second-order valence-electron chi connectivity index (χ2n) is 7.85. The van der Waals surface area contributed by atoms with Crippen molar-refractivity contribution < 1.29 is 18.8 Å². The Morgan fingerprint density at radius 1 is 1.12 bits per heavy atom. The van der Waals surface area contributed by atoms with Crippen LogP contribution in [-0.2, 0) is 17.8 Å². The third-order valence-electron chi connectivity index (χ3n) is 5.80. The average molecular weight is 457 g/mol. The van der Waals surface area contributed by atoms with Crippen molar-refractivity contribution in [1.29, 1.82) is 0 Å². The summed E-state index contributed by atoms with van der Waals surface area (Å²) in [7, 11) is 3.23. The molecule has 1 aliphatic heterocycles. The summed E-state index contributed by atoms with van der Waals surface area (Å²) in [6.07, 6.45) is 0.313. The van der Waals surface area contributed by atoms with Gasteiger partial charge in [-0.3, -0.25) is 9.69 Å². The van der Waals surface area contributed by atoms with Gasteiger partial charge >= 0.3 is 0 Å². The molecule has 0 bridgehead atoms. The van der Waals surface area contributed by atoms with Gasteiger partial charge in [0.15, 0.2) is 11.5 Å². The van der Waals surface area contributed by atoms with Crippen LogP contribution >= 0.6 is 11.3 Å². The number of thiazole rings is 1. The van der Waals surface area contributed by atoms with Crippen LogP contribution in [0.15, 0.2) is 28.1 Å². The summed E-state index contributed by atoms with van der Waals surface area (Å²) in [5, 5.41) is 6.84. The molecule has 1 amide bonds. The van der Waals surface area contributed by atoms with Crippen molar-refractivity contribution in [2.24, 2.45) is 0 Å². The monoisotopic (exact) mass is 456 g/mol. The second-order valence-corrected chi connectivity index (χ2v) is 8.71. The van der Waals surface area contributed by atoms with Crippen molar-refractivity contribution in [3.63, 3.8) is 0 Å². The first kappa shape index (κ1) is 22.3. The number of hydrogen-bond donors (Lipinski definition) is 0. The lowest BCUT2D eigenvalue weighted by Gasteiger charge is -2.34. The molecule has 0 atom stereocenters. The summed E-state index contributed by atoms with van der Waals surface area (Å²) in [4.78, 5) is 21.8. The zero-order chi connectivity index (χ0) is 22.7. The van der Waals surface area contributed by atoms with Crippen LogP contribution in [0.4, 0.5) is 0 Å². The molecule has 3 heterocycles. The van der Waals surface area contributed by atoms with Crippen LogP contribution in [0.25, 0.3) is 10.6 Å². The Labute approximate surface area is 191 Å². The lowest BCUT2D eigenvalue weighted by molar-refractivity contribution is -0.132. The normalized spacial score (nSPS) is 14.6. The number of aryl methyl sites for hydroxylation is 2. The van der Waals surface area contributed by atoms with Crippen LogP contribution in [-0.4, -0.2) is 66.2 Å². The fraction of sp³-hybridized carbons (Fsp3) is 0.435. The summed E-state index contributed by atoms with van der Waals surface area (Å²) >= 11 is 1.53. The molecule has 1 fully saturated rings. The molecule has 0 N–H and O–H groups in total. The quantitative estimate of drug-likeness (QED) is 0.539. The van der Waals surface area contributed by atoms with E-state index in [0.717, 1.165) is 66.0 Å². The molecule has 2 aromatic heterocycles. The smallest absolute Gasteiger partial charge is 0.228 e. The average Bonchev–Trinajstić information content (AvgIpc) is 3.40. The maximum Gasteiger partial charge on any atom is 0.228 e. The largest absolute Gasteiger partial charge is 0.493 e. The van der Waals surface area contributed by atoms with Crippen molar-refractivity contribution in [3.8, 4) is 22.1 Å². The fourth-order valence-electron chi connectivity index (χ4n) is 3.86. The number of rotatable bonds is 7. The molecule has 0 spiro atoms. The van der Waals surface area contributed by atoms with Crippen LogP contribution in [0.3, 0.4) is 0 Å². The van der Waals surface area contributed by atoms with E-state index in [1.807, 2.05) is 42.3 Å². The summed E-state index contributed by atoms with van der Waals surface area (Å²) in [5.74, 6) is 2.32. The molecule has 9 heteroatoms. The van der Waals surface area contributed by atoms with E-state index in [1.165, 1.54) is 11.3 Å². The van der Waals surface area contributed by atoms with Crippen molar-refractivity contribution in [2.75, 3.05) is 40.4 Å². The predicted octanol–water partition coefficient (Wildman–Crippen LogP) is 3.32. The minimum Gasteiger partial charge on any atom is -0.493 e. The van der Waals surface area contributed by atoms with Gasteiger partial charge in [0.25, 0.3) is 0 Å². The molecule has 3 aromatic rings. The van der Waals surface area contributed by atoms with Gasteiger partial charge in [-0.15, -0.1) is 11.3 Å². The maximum absolute atomic E-state index is 12.8. The Balaban J connectivity index is 1.33. The van der Waals surface area contributed by atoms with E-state index in [2.05, 4.69) is 15.0 Å². The Bertz CT molecular complexity index is 1070. The number of benzene rings is 1. The molecule has 32 heavy (non-hydrogen) atoms. The number of hydrogen-bond acceptors (Lipinski definition) is 8. The molecule has 8 nitrogen and oxygen atoms in total. The number of carbonyl (C=O) groups is 1. The summed E-state index contributed by atoms with van der Waals surface area (Å²) in [6.45, 7) is 7.83. The molecule has 0 radical (unpaired) electrons.